The molecule has 2 atom stereocenters. The zero-order valence-electron chi connectivity index (χ0n) is 18.7. The summed E-state index contributed by atoms with van der Waals surface area (Å²) in [5.74, 6) is 0.321. The number of hydrogen-bond acceptors (Lipinski definition) is 10. The lowest BCUT2D eigenvalue weighted by atomic mass is 10.0. The lowest BCUT2D eigenvalue weighted by Crippen LogP contribution is -2.68. The van der Waals surface area contributed by atoms with Crippen LogP contribution in [0.15, 0.2) is 80.6 Å². The lowest BCUT2D eigenvalue weighted by Gasteiger charge is -2.48. The molecular weight excluding hydrogens is 521 g/mol. The number of carbonyl (C=O) groups excluding carboxylic acids is 2. The van der Waals surface area contributed by atoms with Crippen LogP contribution in [0.5, 0.6) is 0 Å². The van der Waals surface area contributed by atoms with Crippen molar-refractivity contribution in [3.8, 4) is 0 Å². The second kappa shape index (κ2) is 10.8. The van der Waals surface area contributed by atoms with E-state index in [1.165, 1.54) is 28.0 Å². The Labute approximate surface area is 219 Å². The molecule has 11 heteroatoms. The third kappa shape index (κ3) is 5.01. The van der Waals surface area contributed by atoms with Crippen molar-refractivity contribution in [3.05, 3.63) is 83.1 Å². The number of benzene rings is 2. The van der Waals surface area contributed by atoms with Crippen molar-refractivity contribution < 1.29 is 14.3 Å². The van der Waals surface area contributed by atoms with Gasteiger partial charge >= 0.3 is 5.97 Å². The summed E-state index contributed by atoms with van der Waals surface area (Å²) in [5.41, 5.74) is 8.89. The molecule has 2 aliphatic heterocycles. The molecule has 0 spiro atoms. The van der Waals surface area contributed by atoms with Gasteiger partial charge in [-0.05, 0) is 23.0 Å². The second-order valence-corrected chi connectivity index (χ2v) is 12.2. The fourth-order valence-corrected chi connectivity index (χ4v) is 7.78. The number of amides is 1. The molecular formula is C24H22N4O3S4. The van der Waals surface area contributed by atoms with Gasteiger partial charge < -0.3 is 10.5 Å². The largest absolute Gasteiger partial charge is 0.448 e. The topological polar surface area (TPSA) is 98.4 Å². The zero-order chi connectivity index (χ0) is 24.4. The summed E-state index contributed by atoms with van der Waals surface area (Å²) in [7, 11) is 0. The Morgan fingerprint density at radius 1 is 1.11 bits per heavy atom. The fraction of sp³-hybridized carbons (Fsp3) is 0.250. The van der Waals surface area contributed by atoms with Crippen LogP contribution in [0.2, 0.25) is 0 Å². The molecule has 0 bridgehead atoms. The normalized spacial score (nSPS) is 19.5. The van der Waals surface area contributed by atoms with Crippen LogP contribution in [0.4, 0.5) is 0 Å². The number of carbonyl (C=O) groups is 2. The van der Waals surface area contributed by atoms with E-state index in [1.54, 1.807) is 23.5 Å². The van der Waals surface area contributed by atoms with Crippen LogP contribution in [0, 0.1) is 0 Å². The van der Waals surface area contributed by atoms with E-state index in [4.69, 9.17) is 10.5 Å². The minimum absolute atomic E-state index is 0.254. The Morgan fingerprint density at radius 2 is 1.74 bits per heavy atom. The molecule has 3 heterocycles. The zero-order valence-corrected chi connectivity index (χ0v) is 22.0. The van der Waals surface area contributed by atoms with Crippen LogP contribution in [0.25, 0.3) is 0 Å². The van der Waals surface area contributed by atoms with E-state index in [-0.39, 0.29) is 11.3 Å². The van der Waals surface area contributed by atoms with Crippen LogP contribution in [0.3, 0.4) is 0 Å². The molecule has 0 aliphatic carbocycles. The summed E-state index contributed by atoms with van der Waals surface area (Å²) in [6.07, 6.45) is 1.36. The summed E-state index contributed by atoms with van der Waals surface area (Å²) < 4.78 is 7.83. The SMILES string of the molecule is CSc1nnc(SCC2=C(C(=O)OC(c3ccccc3)c3ccccc3)N3C(=O)C(N)[C@H]3SC2)s1. The van der Waals surface area contributed by atoms with Gasteiger partial charge in [-0.15, -0.1) is 22.0 Å². The highest BCUT2D eigenvalue weighted by atomic mass is 32.2. The number of ether oxygens (including phenoxy) is 1. The molecule has 5 rings (SSSR count). The summed E-state index contributed by atoms with van der Waals surface area (Å²) in [5, 5.41) is 8.09. The van der Waals surface area contributed by atoms with Crippen LogP contribution in [-0.2, 0) is 14.3 Å². The molecule has 1 amide bonds. The Kier molecular flexibility index (Phi) is 7.49. The first kappa shape index (κ1) is 24.4. The Balaban J connectivity index is 1.45. The van der Waals surface area contributed by atoms with E-state index >= 15 is 0 Å². The van der Waals surface area contributed by atoms with Crippen molar-refractivity contribution in [1.29, 1.82) is 0 Å². The number of nitrogens with zero attached hydrogens (tertiary/aromatic N) is 3. The molecule has 1 unspecified atom stereocenters. The van der Waals surface area contributed by atoms with Gasteiger partial charge in [0.05, 0.1) is 0 Å². The van der Waals surface area contributed by atoms with Crippen LogP contribution in [0.1, 0.15) is 17.2 Å². The smallest absolute Gasteiger partial charge is 0.356 e. The van der Waals surface area contributed by atoms with Gasteiger partial charge in [0.25, 0.3) is 0 Å². The first-order valence-electron chi connectivity index (χ1n) is 10.8. The predicted molar refractivity (Wildman–Crippen MR) is 141 cm³/mol. The highest BCUT2D eigenvalue weighted by molar-refractivity contribution is 8.03. The molecule has 1 fully saturated rings. The number of rotatable bonds is 8. The highest BCUT2D eigenvalue weighted by Gasteiger charge is 2.52. The maximum absolute atomic E-state index is 13.7. The molecule has 0 radical (unpaired) electrons. The molecule has 2 N–H and O–H groups in total. The van der Waals surface area contributed by atoms with Crippen molar-refractivity contribution in [2.45, 2.75) is 26.2 Å². The van der Waals surface area contributed by atoms with E-state index in [9.17, 15) is 9.59 Å². The number of nitrogens with two attached hydrogens (primary N) is 1. The van der Waals surface area contributed by atoms with Gasteiger partial charge in [0, 0.05) is 11.5 Å². The van der Waals surface area contributed by atoms with E-state index < -0.39 is 18.1 Å². The van der Waals surface area contributed by atoms with E-state index in [0.717, 1.165) is 25.4 Å². The van der Waals surface area contributed by atoms with Crippen LogP contribution < -0.4 is 5.73 Å². The molecule has 180 valence electrons. The third-order valence-corrected chi connectivity index (χ3v) is 10.1. The Bertz CT molecular complexity index is 1210. The molecule has 1 saturated heterocycles. The first-order valence-corrected chi connectivity index (χ1v) is 14.9. The fourth-order valence-electron chi connectivity index (χ4n) is 3.91. The van der Waals surface area contributed by atoms with E-state index in [1.807, 2.05) is 66.9 Å². The average molecular weight is 543 g/mol. The molecule has 1 aromatic heterocycles. The van der Waals surface area contributed by atoms with Crippen molar-refractivity contribution in [3.63, 3.8) is 0 Å². The van der Waals surface area contributed by atoms with Gasteiger partial charge in [-0.2, -0.15) is 0 Å². The van der Waals surface area contributed by atoms with Crippen molar-refractivity contribution in [1.82, 2.24) is 15.1 Å². The maximum atomic E-state index is 13.7. The van der Waals surface area contributed by atoms with Gasteiger partial charge in [-0.3, -0.25) is 9.69 Å². The van der Waals surface area contributed by atoms with Gasteiger partial charge in [0.15, 0.2) is 14.8 Å². The number of hydrogen-bond donors (Lipinski definition) is 1. The van der Waals surface area contributed by atoms with Crippen LogP contribution in [-0.4, -0.2) is 56.2 Å². The van der Waals surface area contributed by atoms with Gasteiger partial charge in [-0.25, -0.2) is 4.79 Å². The summed E-state index contributed by atoms with van der Waals surface area (Å²) in [4.78, 5) is 27.9. The standard InChI is InChI=1S/C24H22N4O3S4/c1-32-23-26-27-24(35-23)34-13-16-12-33-21-17(25)20(29)28(21)18(16)22(30)31-19(14-8-4-2-5-9-14)15-10-6-3-7-11-15/h2-11,17,19,21H,12-13,25H2,1H3/t17?,21-/m1/s1. The van der Waals surface area contributed by atoms with Gasteiger partial charge in [-0.1, -0.05) is 95.5 Å². The summed E-state index contributed by atoms with van der Waals surface area (Å²) in [6.45, 7) is 0. The number of aromatic nitrogens is 2. The third-order valence-electron chi connectivity index (χ3n) is 5.64. The van der Waals surface area contributed by atoms with Crippen LogP contribution >= 0.6 is 46.6 Å². The van der Waals surface area contributed by atoms with Crippen molar-refractivity contribution in [2.24, 2.45) is 5.73 Å². The molecule has 7 nitrogen and oxygen atoms in total. The molecule has 3 aromatic rings. The molecule has 2 aromatic carbocycles. The minimum Gasteiger partial charge on any atom is -0.448 e. The first-order chi connectivity index (χ1) is 17.1. The van der Waals surface area contributed by atoms with E-state index in [2.05, 4.69) is 10.2 Å². The molecule has 2 aliphatic rings. The number of β-lactam (4-membered cyclic amide) rings is 1. The minimum atomic E-state index is -0.608. The van der Waals surface area contributed by atoms with Crippen molar-refractivity contribution >= 4 is 58.5 Å². The number of fused-ring (bicyclic) bond motifs is 1. The number of esters is 1. The van der Waals surface area contributed by atoms with Crippen molar-refractivity contribution in [2.75, 3.05) is 17.8 Å². The average Bonchev–Trinajstić information content (AvgIpc) is 3.38. The summed E-state index contributed by atoms with van der Waals surface area (Å²) >= 11 is 6.14. The molecule has 0 saturated carbocycles. The predicted octanol–water partition coefficient (Wildman–Crippen LogP) is 4.18. The Hall–Kier alpha value is -2.31. The Morgan fingerprint density at radius 3 is 2.34 bits per heavy atom. The quantitative estimate of drug-likeness (QED) is 0.255. The van der Waals surface area contributed by atoms with Gasteiger partial charge in [0.2, 0.25) is 5.91 Å². The second-order valence-electron chi connectivity index (χ2n) is 7.82. The number of thioether (sulfide) groups is 3. The molecule has 35 heavy (non-hydrogen) atoms. The van der Waals surface area contributed by atoms with E-state index in [0.29, 0.717) is 17.2 Å². The van der Waals surface area contributed by atoms with Gasteiger partial charge in [0.1, 0.15) is 17.1 Å². The summed E-state index contributed by atoms with van der Waals surface area (Å²) in [6, 6.07) is 18.6. The maximum Gasteiger partial charge on any atom is 0.356 e. The lowest BCUT2D eigenvalue weighted by molar-refractivity contribution is -0.153. The highest BCUT2D eigenvalue weighted by Crippen LogP contribution is 2.42. The monoisotopic (exact) mass is 542 g/mol.